The minimum atomic E-state index is -0.463. The fourth-order valence-electron chi connectivity index (χ4n) is 2.65. The van der Waals surface area contributed by atoms with E-state index in [0.29, 0.717) is 12.0 Å². The second kappa shape index (κ2) is 7.82. The van der Waals surface area contributed by atoms with Crippen molar-refractivity contribution >= 4 is 5.78 Å². The van der Waals surface area contributed by atoms with E-state index in [0.717, 1.165) is 11.6 Å². The van der Waals surface area contributed by atoms with E-state index < -0.39 is 5.78 Å². The van der Waals surface area contributed by atoms with Crippen molar-refractivity contribution in [3.05, 3.63) is 52.6 Å². The van der Waals surface area contributed by atoms with E-state index in [2.05, 4.69) is 0 Å². The summed E-state index contributed by atoms with van der Waals surface area (Å²) in [7, 11) is 1.40. The zero-order valence-corrected chi connectivity index (χ0v) is 14.9. The molecular weight excluding hydrogens is 336 g/mol. The lowest BCUT2D eigenvalue weighted by molar-refractivity contribution is 0.0988. The molecule has 0 atom stereocenters. The van der Waals surface area contributed by atoms with Gasteiger partial charge in [0.2, 0.25) is 0 Å². The van der Waals surface area contributed by atoms with Crippen LogP contribution in [-0.4, -0.2) is 33.3 Å². The highest BCUT2D eigenvalue weighted by atomic mass is 16.5. The summed E-state index contributed by atoms with van der Waals surface area (Å²) in [4.78, 5) is 12.5. The van der Waals surface area contributed by atoms with E-state index in [-0.39, 0.29) is 46.3 Å². The molecule has 0 unspecified atom stereocenters. The first kappa shape index (κ1) is 19.2. The topological polar surface area (TPSA) is 107 Å². The Morgan fingerprint density at radius 3 is 2.23 bits per heavy atom. The van der Waals surface area contributed by atoms with Crippen LogP contribution in [0.25, 0.3) is 0 Å². The normalized spacial score (nSPS) is 10.4. The number of aromatic hydroxyl groups is 4. The molecular formula is C20H22O6. The summed E-state index contributed by atoms with van der Waals surface area (Å²) in [6.45, 7) is 3.84. The van der Waals surface area contributed by atoms with E-state index in [1.165, 1.54) is 25.3 Å². The van der Waals surface area contributed by atoms with E-state index in [4.69, 9.17) is 4.74 Å². The van der Waals surface area contributed by atoms with Crippen molar-refractivity contribution in [1.82, 2.24) is 0 Å². The van der Waals surface area contributed by atoms with Gasteiger partial charge in [-0.15, -0.1) is 0 Å². The van der Waals surface area contributed by atoms with Crippen molar-refractivity contribution in [2.75, 3.05) is 7.11 Å². The number of ketones is 1. The van der Waals surface area contributed by atoms with E-state index >= 15 is 0 Å². The van der Waals surface area contributed by atoms with Crippen LogP contribution >= 0.6 is 0 Å². The second-order valence-corrected chi connectivity index (χ2v) is 6.19. The maximum absolute atomic E-state index is 12.5. The lowest BCUT2D eigenvalue weighted by Crippen LogP contribution is -2.07. The van der Waals surface area contributed by atoms with E-state index in [1.54, 1.807) is 0 Å². The van der Waals surface area contributed by atoms with Gasteiger partial charge >= 0.3 is 0 Å². The van der Waals surface area contributed by atoms with Crippen LogP contribution in [0.15, 0.2) is 35.9 Å². The Balaban J connectivity index is 2.46. The Kier molecular flexibility index (Phi) is 5.77. The highest BCUT2D eigenvalue weighted by Crippen LogP contribution is 2.40. The maximum atomic E-state index is 12.5. The number of benzene rings is 2. The molecule has 0 saturated carbocycles. The van der Waals surface area contributed by atoms with Crippen LogP contribution < -0.4 is 4.74 Å². The molecule has 0 aliphatic heterocycles. The van der Waals surface area contributed by atoms with Crippen LogP contribution in [0.4, 0.5) is 0 Å². The number of carbonyl (C=O) groups excluding carboxylic acids is 1. The molecule has 138 valence electrons. The zero-order chi connectivity index (χ0) is 19.4. The van der Waals surface area contributed by atoms with Gasteiger partial charge in [-0.2, -0.15) is 0 Å². The summed E-state index contributed by atoms with van der Waals surface area (Å²) in [6.07, 6.45) is 2.03. The van der Waals surface area contributed by atoms with Crippen molar-refractivity contribution in [3.8, 4) is 28.7 Å². The number of methoxy groups -OCH3 is 1. The number of Topliss-reactive ketones (excluding diaryl/α,β-unsaturated/α-hetero) is 1. The molecule has 0 aliphatic rings. The molecule has 0 radical (unpaired) electrons. The lowest BCUT2D eigenvalue weighted by atomic mass is 9.96. The lowest BCUT2D eigenvalue weighted by Gasteiger charge is -2.16. The number of phenols is 4. The third-order valence-electron chi connectivity index (χ3n) is 3.98. The number of hydrogen-bond donors (Lipinski definition) is 4. The van der Waals surface area contributed by atoms with Gasteiger partial charge in [0.25, 0.3) is 0 Å². The van der Waals surface area contributed by atoms with Crippen molar-refractivity contribution in [1.29, 1.82) is 0 Å². The second-order valence-electron chi connectivity index (χ2n) is 6.19. The molecule has 0 aliphatic carbocycles. The maximum Gasteiger partial charge on any atom is 0.171 e. The molecule has 0 fully saturated rings. The van der Waals surface area contributed by atoms with Crippen LogP contribution in [0.1, 0.15) is 35.3 Å². The fraction of sp³-hybridized carbons (Fsp3) is 0.250. The Morgan fingerprint density at radius 2 is 1.65 bits per heavy atom. The number of rotatable bonds is 6. The van der Waals surface area contributed by atoms with Crippen molar-refractivity contribution < 1.29 is 30.0 Å². The quantitative estimate of drug-likeness (QED) is 0.465. The van der Waals surface area contributed by atoms with Gasteiger partial charge in [0.15, 0.2) is 5.78 Å². The van der Waals surface area contributed by atoms with Crippen molar-refractivity contribution in [3.63, 3.8) is 0 Å². The van der Waals surface area contributed by atoms with Crippen LogP contribution in [0.5, 0.6) is 28.7 Å². The molecule has 0 bridgehead atoms. The molecule has 2 rings (SSSR count). The molecule has 6 heteroatoms. The standard InChI is InChI=1S/C20H22O6/c1-11(2)4-6-14-18(24)10-19(25)15(20(14)26-3)9-17(23)13-7-5-12(21)8-16(13)22/h4-5,7-8,10,21-22,24-25H,6,9H2,1-3H3. The summed E-state index contributed by atoms with van der Waals surface area (Å²) in [5.74, 6) is -1.14. The molecule has 0 saturated heterocycles. The largest absolute Gasteiger partial charge is 0.508 e. The SMILES string of the molecule is COc1c(CC=C(C)C)c(O)cc(O)c1CC(=O)c1ccc(O)cc1O. The van der Waals surface area contributed by atoms with Gasteiger partial charge < -0.3 is 25.2 Å². The van der Waals surface area contributed by atoms with Gasteiger partial charge in [-0.05, 0) is 32.4 Å². The Labute approximate surface area is 151 Å². The Morgan fingerprint density at radius 1 is 1.00 bits per heavy atom. The van der Waals surface area contributed by atoms with E-state index in [9.17, 15) is 25.2 Å². The van der Waals surface area contributed by atoms with Gasteiger partial charge in [-0.3, -0.25) is 4.79 Å². The van der Waals surface area contributed by atoms with Gasteiger partial charge in [0.1, 0.15) is 28.7 Å². The van der Waals surface area contributed by atoms with Crippen LogP contribution in [0.2, 0.25) is 0 Å². The summed E-state index contributed by atoms with van der Waals surface area (Å²) in [6, 6.07) is 4.85. The summed E-state index contributed by atoms with van der Waals surface area (Å²) in [5, 5.41) is 39.5. The molecule has 0 heterocycles. The van der Waals surface area contributed by atoms with Gasteiger partial charge in [-0.25, -0.2) is 0 Å². The van der Waals surface area contributed by atoms with Gasteiger partial charge in [-0.1, -0.05) is 11.6 Å². The minimum absolute atomic E-state index is 0.0168. The highest BCUT2D eigenvalue weighted by molar-refractivity contribution is 6.00. The highest BCUT2D eigenvalue weighted by Gasteiger charge is 2.22. The van der Waals surface area contributed by atoms with Gasteiger partial charge in [0, 0.05) is 29.7 Å². The number of ether oxygens (including phenoxy) is 1. The van der Waals surface area contributed by atoms with Crippen LogP contribution in [-0.2, 0) is 12.8 Å². The molecule has 4 N–H and O–H groups in total. The molecule has 2 aromatic carbocycles. The monoisotopic (exact) mass is 358 g/mol. The zero-order valence-electron chi connectivity index (χ0n) is 14.9. The molecule has 0 amide bonds. The third kappa shape index (κ3) is 4.08. The average Bonchev–Trinajstić information content (AvgIpc) is 2.55. The molecule has 26 heavy (non-hydrogen) atoms. The van der Waals surface area contributed by atoms with Crippen LogP contribution in [0.3, 0.4) is 0 Å². The number of carbonyl (C=O) groups is 1. The van der Waals surface area contributed by atoms with Gasteiger partial charge in [0.05, 0.1) is 12.7 Å². The minimum Gasteiger partial charge on any atom is -0.508 e. The first-order chi connectivity index (χ1) is 12.2. The first-order valence-corrected chi connectivity index (χ1v) is 8.03. The number of phenolic OH excluding ortho intramolecular Hbond substituents is 4. The molecule has 2 aromatic rings. The predicted molar refractivity (Wildman–Crippen MR) is 97.3 cm³/mol. The van der Waals surface area contributed by atoms with Crippen molar-refractivity contribution in [2.45, 2.75) is 26.7 Å². The van der Waals surface area contributed by atoms with Crippen LogP contribution in [0, 0.1) is 0 Å². The summed E-state index contributed by atoms with van der Waals surface area (Å²) in [5.41, 5.74) is 1.75. The molecule has 6 nitrogen and oxygen atoms in total. The smallest absolute Gasteiger partial charge is 0.171 e. The number of hydrogen-bond acceptors (Lipinski definition) is 6. The summed E-state index contributed by atoms with van der Waals surface area (Å²) < 4.78 is 5.35. The third-order valence-corrected chi connectivity index (χ3v) is 3.98. The Hall–Kier alpha value is -3.15. The number of allylic oxidation sites excluding steroid dienone is 2. The summed E-state index contributed by atoms with van der Waals surface area (Å²) >= 11 is 0. The molecule has 0 spiro atoms. The predicted octanol–water partition coefficient (Wildman–Crippen LogP) is 3.45. The van der Waals surface area contributed by atoms with E-state index in [1.807, 2.05) is 19.9 Å². The Bertz CT molecular complexity index is 863. The molecule has 0 aromatic heterocycles. The van der Waals surface area contributed by atoms with Crippen molar-refractivity contribution in [2.24, 2.45) is 0 Å². The average molecular weight is 358 g/mol. The fourth-order valence-corrected chi connectivity index (χ4v) is 2.65. The first-order valence-electron chi connectivity index (χ1n) is 8.03.